The Morgan fingerprint density at radius 1 is 1.04 bits per heavy atom. The highest BCUT2D eigenvalue weighted by atomic mass is 32.1. The van der Waals surface area contributed by atoms with Crippen molar-refractivity contribution in [2.24, 2.45) is 5.92 Å². The van der Waals surface area contributed by atoms with E-state index in [0.717, 1.165) is 38.9 Å². The number of thiazole rings is 2. The van der Waals surface area contributed by atoms with Crippen LogP contribution in [0, 0.1) is 5.92 Å². The van der Waals surface area contributed by atoms with E-state index >= 15 is 0 Å². The molecule has 2 aromatic heterocycles. The Kier molecular flexibility index (Phi) is 5.01. The second kappa shape index (κ2) is 7.58. The SMILES string of the molecule is CC(C)C(=O)Nc1ccc(-c2csc(Cc3nc4ccccc4s3)n2)cc1. The maximum Gasteiger partial charge on any atom is 0.226 e. The van der Waals surface area contributed by atoms with Crippen molar-refractivity contribution in [1.82, 2.24) is 9.97 Å². The number of amides is 1. The minimum atomic E-state index is -0.0340. The molecule has 0 unspecified atom stereocenters. The first-order chi connectivity index (χ1) is 13.1. The third-order valence-electron chi connectivity index (χ3n) is 4.16. The monoisotopic (exact) mass is 393 g/mol. The van der Waals surface area contributed by atoms with Crippen LogP contribution < -0.4 is 5.32 Å². The number of carbonyl (C=O) groups is 1. The highest BCUT2D eigenvalue weighted by Gasteiger charge is 2.10. The number of hydrogen-bond donors (Lipinski definition) is 1. The van der Waals surface area contributed by atoms with E-state index in [4.69, 9.17) is 4.98 Å². The largest absolute Gasteiger partial charge is 0.326 e. The zero-order chi connectivity index (χ0) is 18.8. The van der Waals surface area contributed by atoms with Gasteiger partial charge in [-0.1, -0.05) is 38.1 Å². The lowest BCUT2D eigenvalue weighted by Crippen LogP contribution is -2.17. The molecule has 0 fully saturated rings. The average molecular weight is 394 g/mol. The Morgan fingerprint density at radius 3 is 2.56 bits per heavy atom. The fraction of sp³-hybridized carbons (Fsp3) is 0.190. The average Bonchev–Trinajstić information content (AvgIpc) is 3.29. The highest BCUT2D eigenvalue weighted by Crippen LogP contribution is 2.27. The normalized spacial score (nSPS) is 11.2. The van der Waals surface area contributed by atoms with E-state index in [1.165, 1.54) is 4.70 Å². The number of benzene rings is 2. The van der Waals surface area contributed by atoms with Gasteiger partial charge in [-0.15, -0.1) is 22.7 Å². The lowest BCUT2D eigenvalue weighted by Gasteiger charge is -2.07. The number of hydrogen-bond acceptors (Lipinski definition) is 5. The second-order valence-electron chi connectivity index (χ2n) is 6.60. The molecular weight excluding hydrogens is 374 g/mol. The van der Waals surface area contributed by atoms with Crippen molar-refractivity contribution in [1.29, 1.82) is 0 Å². The summed E-state index contributed by atoms with van der Waals surface area (Å²) >= 11 is 3.38. The van der Waals surface area contributed by atoms with Gasteiger partial charge < -0.3 is 5.32 Å². The Labute approximate surface area is 165 Å². The van der Waals surface area contributed by atoms with E-state index in [9.17, 15) is 4.79 Å². The number of fused-ring (bicyclic) bond motifs is 1. The predicted octanol–water partition coefficient (Wildman–Crippen LogP) is 5.61. The summed E-state index contributed by atoms with van der Waals surface area (Å²) in [5.41, 5.74) is 3.86. The molecule has 1 amide bonds. The van der Waals surface area contributed by atoms with E-state index in [1.807, 2.05) is 56.3 Å². The van der Waals surface area contributed by atoms with Gasteiger partial charge in [-0.3, -0.25) is 4.79 Å². The maximum atomic E-state index is 11.8. The summed E-state index contributed by atoms with van der Waals surface area (Å²) in [5.74, 6) is -0.0113. The quantitative estimate of drug-likeness (QED) is 0.480. The van der Waals surface area contributed by atoms with Crippen molar-refractivity contribution in [3.05, 3.63) is 63.9 Å². The summed E-state index contributed by atoms with van der Waals surface area (Å²) in [6.45, 7) is 3.76. The van der Waals surface area contributed by atoms with Gasteiger partial charge in [0.2, 0.25) is 5.91 Å². The van der Waals surface area contributed by atoms with Crippen LogP contribution in [-0.4, -0.2) is 15.9 Å². The lowest BCUT2D eigenvalue weighted by atomic mass is 10.1. The van der Waals surface area contributed by atoms with Gasteiger partial charge in [0.05, 0.1) is 22.3 Å². The number of para-hydroxylation sites is 1. The molecule has 0 spiro atoms. The third-order valence-corrected chi connectivity index (χ3v) is 6.05. The second-order valence-corrected chi connectivity index (χ2v) is 8.66. The summed E-state index contributed by atoms with van der Waals surface area (Å²) in [5, 5.41) is 7.12. The van der Waals surface area contributed by atoms with Gasteiger partial charge >= 0.3 is 0 Å². The Balaban J connectivity index is 1.48. The van der Waals surface area contributed by atoms with E-state index < -0.39 is 0 Å². The molecule has 0 bridgehead atoms. The topological polar surface area (TPSA) is 54.9 Å². The molecule has 2 aromatic carbocycles. The molecule has 4 nitrogen and oxygen atoms in total. The van der Waals surface area contributed by atoms with E-state index in [1.54, 1.807) is 22.7 Å². The summed E-state index contributed by atoms with van der Waals surface area (Å²) in [6, 6.07) is 16.0. The lowest BCUT2D eigenvalue weighted by molar-refractivity contribution is -0.118. The van der Waals surface area contributed by atoms with Crippen LogP contribution in [0.25, 0.3) is 21.5 Å². The molecule has 1 N–H and O–H groups in total. The van der Waals surface area contributed by atoms with Gasteiger partial charge in [0.15, 0.2) is 0 Å². The van der Waals surface area contributed by atoms with Crippen LogP contribution >= 0.6 is 22.7 Å². The Morgan fingerprint density at radius 2 is 1.81 bits per heavy atom. The van der Waals surface area contributed by atoms with Crippen molar-refractivity contribution in [2.45, 2.75) is 20.3 Å². The molecule has 6 heteroatoms. The van der Waals surface area contributed by atoms with Crippen LogP contribution in [0.4, 0.5) is 5.69 Å². The van der Waals surface area contributed by atoms with Crippen LogP contribution in [-0.2, 0) is 11.2 Å². The number of anilines is 1. The highest BCUT2D eigenvalue weighted by molar-refractivity contribution is 7.18. The molecule has 27 heavy (non-hydrogen) atoms. The molecule has 4 aromatic rings. The van der Waals surface area contributed by atoms with Gasteiger partial charge in [-0.2, -0.15) is 0 Å². The molecule has 0 saturated carbocycles. The van der Waals surface area contributed by atoms with Crippen LogP contribution in [0.5, 0.6) is 0 Å². The number of aromatic nitrogens is 2. The number of nitrogens with one attached hydrogen (secondary N) is 1. The molecule has 0 radical (unpaired) electrons. The molecule has 4 rings (SSSR count). The van der Waals surface area contributed by atoms with Gasteiger partial charge in [-0.25, -0.2) is 9.97 Å². The minimum absolute atomic E-state index is 0.0227. The summed E-state index contributed by atoms with van der Waals surface area (Å²) < 4.78 is 1.21. The summed E-state index contributed by atoms with van der Waals surface area (Å²) in [6.07, 6.45) is 0.756. The Bertz CT molecular complexity index is 1050. The fourth-order valence-electron chi connectivity index (χ4n) is 2.66. The first-order valence-corrected chi connectivity index (χ1v) is 10.5. The molecule has 0 aliphatic carbocycles. The number of rotatable bonds is 5. The van der Waals surface area contributed by atoms with Crippen LogP contribution in [0.3, 0.4) is 0 Å². The van der Waals surface area contributed by atoms with Crippen molar-refractivity contribution < 1.29 is 4.79 Å². The van der Waals surface area contributed by atoms with Crippen LogP contribution in [0.15, 0.2) is 53.9 Å². The molecular formula is C21H19N3OS2. The van der Waals surface area contributed by atoms with Gasteiger partial charge in [0.25, 0.3) is 0 Å². The van der Waals surface area contributed by atoms with Gasteiger partial charge in [0.1, 0.15) is 10.0 Å². The van der Waals surface area contributed by atoms with Crippen molar-refractivity contribution in [2.75, 3.05) is 5.32 Å². The van der Waals surface area contributed by atoms with E-state index in [2.05, 4.69) is 21.7 Å². The van der Waals surface area contributed by atoms with E-state index in [0.29, 0.717) is 0 Å². The molecule has 0 aliphatic heterocycles. The van der Waals surface area contributed by atoms with Crippen molar-refractivity contribution >= 4 is 44.5 Å². The van der Waals surface area contributed by atoms with Crippen molar-refractivity contribution in [3.63, 3.8) is 0 Å². The third kappa shape index (κ3) is 4.07. The summed E-state index contributed by atoms with van der Waals surface area (Å²) in [4.78, 5) is 21.2. The standard InChI is InChI=1S/C21H19N3OS2/c1-13(2)21(25)22-15-9-7-14(8-10-15)17-12-26-19(24-17)11-20-23-16-5-3-4-6-18(16)27-20/h3-10,12-13H,11H2,1-2H3,(H,22,25). The minimum Gasteiger partial charge on any atom is -0.326 e. The first kappa shape index (κ1) is 17.8. The number of nitrogens with zero attached hydrogens (tertiary/aromatic N) is 2. The first-order valence-electron chi connectivity index (χ1n) is 8.78. The van der Waals surface area contributed by atoms with E-state index in [-0.39, 0.29) is 11.8 Å². The van der Waals surface area contributed by atoms with Gasteiger partial charge in [0, 0.05) is 22.5 Å². The fourth-order valence-corrected chi connectivity index (χ4v) is 4.53. The zero-order valence-corrected chi connectivity index (χ0v) is 16.7. The maximum absolute atomic E-state index is 11.8. The van der Waals surface area contributed by atoms with Gasteiger partial charge in [-0.05, 0) is 24.3 Å². The van der Waals surface area contributed by atoms with Crippen molar-refractivity contribution in [3.8, 4) is 11.3 Å². The predicted molar refractivity (Wildman–Crippen MR) is 113 cm³/mol. The van der Waals surface area contributed by atoms with Crippen LogP contribution in [0.2, 0.25) is 0 Å². The van der Waals surface area contributed by atoms with Crippen LogP contribution in [0.1, 0.15) is 23.9 Å². The molecule has 0 saturated heterocycles. The smallest absolute Gasteiger partial charge is 0.226 e. The number of carbonyl (C=O) groups excluding carboxylic acids is 1. The zero-order valence-electron chi connectivity index (χ0n) is 15.1. The molecule has 0 aliphatic rings. The molecule has 136 valence electrons. The molecule has 2 heterocycles. The summed E-state index contributed by atoms with van der Waals surface area (Å²) in [7, 11) is 0. The molecule has 0 atom stereocenters. The Hall–Kier alpha value is -2.57.